The van der Waals surface area contributed by atoms with E-state index in [1.54, 1.807) is 18.0 Å². The fourth-order valence-corrected chi connectivity index (χ4v) is 6.18. The number of aromatic nitrogens is 1. The van der Waals surface area contributed by atoms with Crippen LogP contribution in [-0.2, 0) is 23.9 Å². The van der Waals surface area contributed by atoms with Crippen LogP contribution in [0.5, 0.6) is 0 Å². The van der Waals surface area contributed by atoms with Crippen molar-refractivity contribution in [2.24, 2.45) is 11.3 Å². The molecule has 1 aromatic carbocycles. The van der Waals surface area contributed by atoms with Gasteiger partial charge in [0.15, 0.2) is 0 Å². The lowest BCUT2D eigenvalue weighted by Gasteiger charge is -2.40. The molecule has 2 aromatic rings. The Morgan fingerprint density at radius 2 is 1.95 bits per heavy atom. The van der Waals surface area contributed by atoms with Crippen LogP contribution < -0.4 is 10.6 Å². The zero-order valence-corrected chi connectivity index (χ0v) is 22.8. The molecule has 3 amide bonds. The lowest BCUT2D eigenvalue weighted by atomic mass is 9.84. The number of nitrogens with zero attached hydrogens (tertiary/aromatic N) is 2. The van der Waals surface area contributed by atoms with Crippen molar-refractivity contribution in [2.75, 3.05) is 6.61 Å². The number of fused-ring (bicyclic) bond motifs is 3. The molecule has 6 atom stereocenters. The quantitative estimate of drug-likeness (QED) is 0.521. The van der Waals surface area contributed by atoms with Crippen molar-refractivity contribution < 1.29 is 28.7 Å². The molecule has 1 aliphatic carbocycles. The first-order valence-corrected chi connectivity index (χ1v) is 13.7. The Bertz CT molecular complexity index is 1280. The topological polar surface area (TPSA) is 127 Å². The van der Waals surface area contributed by atoms with Crippen molar-refractivity contribution >= 4 is 34.5 Å². The number of hydrogen-bond donors (Lipinski definition) is 2. The average molecular weight is 537 g/mol. The third-order valence-corrected chi connectivity index (χ3v) is 8.01. The third kappa shape index (κ3) is 5.22. The molecular weight excluding hydrogens is 500 g/mol. The molecule has 2 saturated heterocycles. The average Bonchev–Trinajstić information content (AvgIpc) is 3.60. The molecule has 1 saturated carbocycles. The molecule has 5 rings (SSSR count). The summed E-state index contributed by atoms with van der Waals surface area (Å²) in [5.41, 5.74) is -0.383. The molecule has 0 radical (unpaired) electrons. The van der Waals surface area contributed by atoms with Crippen LogP contribution in [0, 0.1) is 11.3 Å². The minimum atomic E-state index is -0.881. The first kappa shape index (κ1) is 27.1. The van der Waals surface area contributed by atoms with Gasteiger partial charge in [0.05, 0.1) is 6.42 Å². The highest BCUT2D eigenvalue weighted by Gasteiger charge is 2.54. The summed E-state index contributed by atoms with van der Waals surface area (Å²) in [6, 6.07) is 7.04. The second-order valence-electron chi connectivity index (χ2n) is 11.7. The Balaban J connectivity index is 1.38. The zero-order valence-electron chi connectivity index (χ0n) is 22.8. The predicted molar refractivity (Wildman–Crippen MR) is 142 cm³/mol. The molecule has 2 N–H and O–H groups in total. The molecule has 10 nitrogen and oxygen atoms in total. The van der Waals surface area contributed by atoms with E-state index in [0.29, 0.717) is 12.0 Å². The lowest BCUT2D eigenvalue weighted by Crippen LogP contribution is -2.62. The van der Waals surface area contributed by atoms with E-state index in [4.69, 9.17) is 9.47 Å². The summed E-state index contributed by atoms with van der Waals surface area (Å²) in [6.45, 7) is 7.80. The number of carbonyl (C=O) groups excluding carboxylic acids is 4. The third-order valence-electron chi connectivity index (χ3n) is 8.01. The van der Waals surface area contributed by atoms with E-state index < -0.39 is 41.7 Å². The Morgan fingerprint density at radius 3 is 2.69 bits per heavy atom. The summed E-state index contributed by atoms with van der Waals surface area (Å²) in [7, 11) is 0. The summed E-state index contributed by atoms with van der Waals surface area (Å²) in [6.07, 6.45) is 3.14. The van der Waals surface area contributed by atoms with Crippen LogP contribution in [0.25, 0.3) is 10.8 Å². The van der Waals surface area contributed by atoms with Crippen molar-refractivity contribution in [1.29, 1.82) is 0 Å². The smallest absolute Gasteiger partial charge is 0.310 e. The van der Waals surface area contributed by atoms with E-state index in [1.165, 1.54) is 0 Å². The standard InChI is InChI=1S/C29H36N4O6/c1-5-38-28-20(15-21(34)39-28)31-26(36)23-17-10-11-18(14-17)33(23)27(37)24(29(2,3)4)32-25(35)22-19-9-7-6-8-16(19)12-13-30-22/h6-9,12-13,17-18,20,23-24,28H,5,10-11,14-15H2,1-4H3,(H,31,36)(H,32,35)/t17-,18?,20-,23?,24+,28-/m0/s1. The molecule has 10 heteroatoms. The second-order valence-corrected chi connectivity index (χ2v) is 11.7. The Morgan fingerprint density at radius 1 is 1.18 bits per heavy atom. The van der Waals surface area contributed by atoms with Crippen LogP contribution in [0.3, 0.4) is 0 Å². The SMILES string of the molecule is CCO[C@H]1OC(=O)C[C@@H]1NC(=O)C1[C@H]2CCC(C2)N1C(=O)[C@@H](NC(=O)c1nccc2ccccc12)C(C)(C)C. The van der Waals surface area contributed by atoms with Crippen LogP contribution >= 0.6 is 0 Å². The van der Waals surface area contributed by atoms with Gasteiger partial charge in [-0.15, -0.1) is 0 Å². The Hall–Kier alpha value is -3.53. The van der Waals surface area contributed by atoms with Crippen molar-refractivity contribution in [3.8, 4) is 0 Å². The van der Waals surface area contributed by atoms with E-state index in [1.807, 2.05) is 51.1 Å². The molecule has 2 bridgehead atoms. The Kier molecular flexibility index (Phi) is 7.33. The number of benzene rings is 1. The van der Waals surface area contributed by atoms with Crippen LogP contribution in [0.15, 0.2) is 36.5 Å². The first-order chi connectivity index (χ1) is 18.6. The molecule has 3 aliphatic rings. The van der Waals surface area contributed by atoms with Gasteiger partial charge in [-0.2, -0.15) is 0 Å². The molecule has 208 valence electrons. The highest BCUT2D eigenvalue weighted by atomic mass is 16.7. The van der Waals surface area contributed by atoms with Crippen molar-refractivity contribution in [1.82, 2.24) is 20.5 Å². The van der Waals surface area contributed by atoms with Gasteiger partial charge in [0.2, 0.25) is 18.1 Å². The second kappa shape index (κ2) is 10.6. The van der Waals surface area contributed by atoms with Gasteiger partial charge in [0.1, 0.15) is 23.8 Å². The number of likely N-dealkylation sites (tertiary alicyclic amines) is 1. The Labute approximate surface area is 227 Å². The largest absolute Gasteiger partial charge is 0.433 e. The molecule has 0 spiro atoms. The number of amides is 3. The number of pyridine rings is 1. The van der Waals surface area contributed by atoms with Gasteiger partial charge in [-0.05, 0) is 49.0 Å². The molecular formula is C29H36N4O6. The molecule has 3 fully saturated rings. The number of cyclic esters (lactones) is 1. The molecule has 1 aromatic heterocycles. The van der Waals surface area contributed by atoms with Crippen molar-refractivity contribution in [3.05, 3.63) is 42.2 Å². The summed E-state index contributed by atoms with van der Waals surface area (Å²) >= 11 is 0. The number of esters is 1. The maximum atomic E-state index is 14.2. The fourth-order valence-electron chi connectivity index (χ4n) is 6.18. The van der Waals surface area contributed by atoms with Crippen LogP contribution in [0.4, 0.5) is 0 Å². The van der Waals surface area contributed by atoms with Gasteiger partial charge in [-0.25, -0.2) is 0 Å². The first-order valence-electron chi connectivity index (χ1n) is 13.7. The molecule has 39 heavy (non-hydrogen) atoms. The van der Waals surface area contributed by atoms with E-state index in [2.05, 4.69) is 15.6 Å². The van der Waals surface area contributed by atoms with Crippen molar-refractivity contribution in [3.63, 3.8) is 0 Å². The van der Waals surface area contributed by atoms with E-state index in [-0.39, 0.29) is 35.9 Å². The minimum Gasteiger partial charge on any atom is -0.433 e. The number of carbonyl (C=O) groups is 4. The van der Waals surface area contributed by atoms with Gasteiger partial charge in [0, 0.05) is 24.2 Å². The fraction of sp³-hybridized carbons (Fsp3) is 0.552. The summed E-state index contributed by atoms with van der Waals surface area (Å²) in [4.78, 5) is 59.1. The zero-order chi connectivity index (χ0) is 27.9. The van der Waals surface area contributed by atoms with Gasteiger partial charge in [-0.1, -0.05) is 45.0 Å². The number of hydrogen-bond acceptors (Lipinski definition) is 7. The minimum absolute atomic E-state index is 0.0126. The lowest BCUT2D eigenvalue weighted by molar-refractivity contribution is -0.165. The molecule has 2 aliphatic heterocycles. The van der Waals surface area contributed by atoms with Gasteiger partial charge in [0.25, 0.3) is 5.91 Å². The van der Waals surface area contributed by atoms with Crippen LogP contribution in [0.1, 0.15) is 63.9 Å². The van der Waals surface area contributed by atoms with Crippen molar-refractivity contribution in [2.45, 2.75) is 83.8 Å². The maximum Gasteiger partial charge on any atom is 0.310 e. The van der Waals surface area contributed by atoms with E-state index >= 15 is 0 Å². The highest BCUT2D eigenvalue weighted by molar-refractivity contribution is 6.06. The monoisotopic (exact) mass is 536 g/mol. The number of nitrogens with one attached hydrogen (secondary N) is 2. The van der Waals surface area contributed by atoms with Crippen LogP contribution in [0.2, 0.25) is 0 Å². The number of ether oxygens (including phenoxy) is 2. The van der Waals surface area contributed by atoms with E-state index in [0.717, 1.165) is 24.6 Å². The van der Waals surface area contributed by atoms with E-state index in [9.17, 15) is 19.2 Å². The molecule has 2 unspecified atom stereocenters. The van der Waals surface area contributed by atoms with Crippen LogP contribution in [-0.4, -0.2) is 70.6 Å². The summed E-state index contributed by atoms with van der Waals surface area (Å²) < 4.78 is 10.7. The van der Waals surface area contributed by atoms with Gasteiger partial charge in [-0.3, -0.25) is 24.2 Å². The normalized spacial score (nSPS) is 26.9. The van der Waals surface area contributed by atoms with Gasteiger partial charge >= 0.3 is 5.97 Å². The number of piperidine rings is 1. The van der Waals surface area contributed by atoms with Gasteiger partial charge < -0.3 is 25.0 Å². The predicted octanol–water partition coefficient (Wildman–Crippen LogP) is 2.55. The summed E-state index contributed by atoms with van der Waals surface area (Å²) in [5.74, 6) is -1.47. The number of rotatable bonds is 7. The summed E-state index contributed by atoms with van der Waals surface area (Å²) in [5, 5.41) is 7.45. The maximum absolute atomic E-state index is 14.2. The highest BCUT2D eigenvalue weighted by Crippen LogP contribution is 2.44. The molecule has 3 heterocycles.